The highest BCUT2D eigenvalue weighted by molar-refractivity contribution is 7.10. The molecular weight excluding hydrogens is 793 g/mol. The molecule has 7 heterocycles. The number of amides is 2. The van der Waals surface area contributed by atoms with E-state index in [9.17, 15) is 14.4 Å². The SMILES string of the molecule is CCn1c2c3c4cc(ccc41)-c1csc(n1)C[C@H](NC(=O)C1[C@H]4COC[C@@H]14)C(=O)N1CCC[C@H](N1)C(=O)OCC(C)(C)C3[C@H](OC)c1ncc(N3CCN(C4CC4)CC3)cc1-2. The van der Waals surface area contributed by atoms with E-state index in [1.807, 2.05) is 6.20 Å². The van der Waals surface area contributed by atoms with E-state index in [0.29, 0.717) is 32.6 Å². The number of carbonyl (C=O) groups is 3. The molecule has 0 spiro atoms. The number of piperazine rings is 1. The highest BCUT2D eigenvalue weighted by Crippen LogP contribution is 2.57. The van der Waals surface area contributed by atoms with Crippen LogP contribution in [0.5, 0.6) is 0 Å². The summed E-state index contributed by atoms with van der Waals surface area (Å²) in [6.07, 6.45) is 5.63. The minimum atomic E-state index is -0.853. The van der Waals surface area contributed by atoms with Crippen molar-refractivity contribution in [3.63, 3.8) is 0 Å². The van der Waals surface area contributed by atoms with Gasteiger partial charge in [-0.3, -0.25) is 29.3 Å². The van der Waals surface area contributed by atoms with Gasteiger partial charge < -0.3 is 29.0 Å². The first-order valence-electron chi connectivity index (χ1n) is 22.4. The molecular formula is C46H56N8O6S. The van der Waals surface area contributed by atoms with Crippen LogP contribution in [0.4, 0.5) is 5.69 Å². The second-order valence-electron chi connectivity index (χ2n) is 18.9. The number of methoxy groups -OCH3 is 1. The number of nitrogens with one attached hydrogen (secondary N) is 2. The van der Waals surface area contributed by atoms with E-state index in [1.165, 1.54) is 34.8 Å². The van der Waals surface area contributed by atoms with Crippen LogP contribution in [0.1, 0.15) is 74.7 Å². The quantitative estimate of drug-likeness (QED) is 0.256. The number of hydrazine groups is 1. The van der Waals surface area contributed by atoms with Gasteiger partial charge in [-0.05, 0) is 68.2 Å². The van der Waals surface area contributed by atoms with Gasteiger partial charge in [-0.1, -0.05) is 19.9 Å². The van der Waals surface area contributed by atoms with Crippen LogP contribution < -0.4 is 15.6 Å². The summed E-state index contributed by atoms with van der Waals surface area (Å²) in [4.78, 5) is 57.5. The number of carbonyl (C=O) groups excluding carboxylic acids is 3. The van der Waals surface area contributed by atoms with Crippen LogP contribution in [0.3, 0.4) is 0 Å². The Kier molecular flexibility index (Phi) is 9.79. The number of nitrogens with zero attached hydrogens (tertiary/aromatic N) is 6. The summed E-state index contributed by atoms with van der Waals surface area (Å²) in [7, 11) is 1.76. The lowest BCUT2D eigenvalue weighted by Gasteiger charge is -2.43. The number of anilines is 1. The minimum absolute atomic E-state index is 0.120. The lowest BCUT2D eigenvalue weighted by atomic mass is 9.67. The van der Waals surface area contributed by atoms with Crippen molar-refractivity contribution in [2.75, 3.05) is 64.6 Å². The molecule has 7 atom stereocenters. The summed E-state index contributed by atoms with van der Waals surface area (Å²) >= 11 is 1.49. The Labute approximate surface area is 360 Å². The molecule has 7 aliphatic rings. The fourth-order valence-electron chi connectivity index (χ4n) is 11.2. The maximum Gasteiger partial charge on any atom is 0.324 e. The Morgan fingerprint density at radius 2 is 1.87 bits per heavy atom. The minimum Gasteiger partial charge on any atom is -0.464 e. The molecule has 2 saturated carbocycles. The van der Waals surface area contributed by atoms with E-state index in [4.69, 9.17) is 24.2 Å². The number of thiazole rings is 1. The molecule has 2 amide bonds. The van der Waals surface area contributed by atoms with Gasteiger partial charge in [-0.25, -0.2) is 10.4 Å². The molecule has 14 nitrogen and oxygen atoms in total. The number of cyclic esters (lactones) is 1. The van der Waals surface area contributed by atoms with Crippen molar-refractivity contribution in [2.45, 2.75) is 89.6 Å². The Morgan fingerprint density at radius 3 is 2.62 bits per heavy atom. The monoisotopic (exact) mass is 848 g/mol. The molecule has 4 aromatic rings. The molecule has 15 heteroatoms. The number of aryl methyl sites for hydroxylation is 1. The number of benzene rings is 1. The van der Waals surface area contributed by atoms with Gasteiger partial charge in [0, 0.05) is 104 Å². The summed E-state index contributed by atoms with van der Waals surface area (Å²) < 4.78 is 20.8. The number of hydrogen-bond donors (Lipinski definition) is 2. The fraction of sp³-hybridized carbons (Fsp3) is 0.587. The van der Waals surface area contributed by atoms with E-state index >= 15 is 0 Å². The lowest BCUT2D eigenvalue weighted by molar-refractivity contribution is -0.156. The summed E-state index contributed by atoms with van der Waals surface area (Å²) in [6, 6.07) is 8.12. The van der Waals surface area contributed by atoms with Crippen molar-refractivity contribution in [1.82, 2.24) is 35.2 Å². The van der Waals surface area contributed by atoms with Gasteiger partial charge in [0.05, 0.1) is 53.8 Å². The molecule has 3 aliphatic carbocycles. The average Bonchev–Trinajstić information content (AvgIpc) is 4.09. The predicted octanol–water partition coefficient (Wildman–Crippen LogP) is 4.91. The van der Waals surface area contributed by atoms with Gasteiger partial charge >= 0.3 is 5.97 Å². The van der Waals surface area contributed by atoms with Gasteiger partial charge in [0.25, 0.3) is 5.91 Å². The van der Waals surface area contributed by atoms with Gasteiger partial charge in [0.2, 0.25) is 5.91 Å². The Hall–Kier alpha value is -4.41. The molecule has 0 radical (unpaired) electrons. The molecule has 2 unspecified atom stereocenters. The van der Waals surface area contributed by atoms with Crippen molar-refractivity contribution in [3.05, 3.63) is 52.1 Å². The third kappa shape index (κ3) is 6.77. The van der Waals surface area contributed by atoms with Crippen molar-refractivity contribution in [2.24, 2.45) is 23.2 Å². The smallest absolute Gasteiger partial charge is 0.324 e. The number of hydrogen-bond acceptors (Lipinski definition) is 12. The van der Waals surface area contributed by atoms with Gasteiger partial charge in [-0.2, -0.15) is 0 Å². The zero-order valence-electron chi connectivity index (χ0n) is 35.5. The van der Waals surface area contributed by atoms with Crippen LogP contribution in [-0.4, -0.2) is 120 Å². The third-order valence-electron chi connectivity index (χ3n) is 14.7. The number of ether oxygens (including phenoxy) is 3. The molecule has 322 valence electrons. The summed E-state index contributed by atoms with van der Waals surface area (Å²) in [5, 5.41) is 8.52. The Morgan fingerprint density at radius 1 is 1.07 bits per heavy atom. The zero-order valence-corrected chi connectivity index (χ0v) is 36.3. The van der Waals surface area contributed by atoms with E-state index < -0.39 is 29.6 Å². The maximum atomic E-state index is 14.3. The first-order valence-corrected chi connectivity index (χ1v) is 23.2. The van der Waals surface area contributed by atoms with Crippen LogP contribution in [0.2, 0.25) is 0 Å². The van der Waals surface area contributed by atoms with Crippen LogP contribution in [0.25, 0.3) is 33.4 Å². The molecule has 2 N–H and O–H groups in total. The van der Waals surface area contributed by atoms with Crippen LogP contribution in [0.15, 0.2) is 35.8 Å². The second-order valence-corrected chi connectivity index (χ2v) is 19.9. The number of aromatic nitrogens is 3. The van der Waals surface area contributed by atoms with Gasteiger partial charge in [0.1, 0.15) is 18.2 Å². The number of pyridine rings is 1. The number of rotatable bonds is 6. The average molecular weight is 849 g/mol. The van der Waals surface area contributed by atoms with Crippen molar-refractivity contribution in [1.29, 1.82) is 0 Å². The molecule has 11 rings (SSSR count). The van der Waals surface area contributed by atoms with Gasteiger partial charge in [-0.15, -0.1) is 11.3 Å². The normalized spacial score (nSPS) is 29.8. The first-order chi connectivity index (χ1) is 29.6. The molecule has 61 heavy (non-hydrogen) atoms. The van der Waals surface area contributed by atoms with Crippen LogP contribution in [-0.2, 0) is 41.6 Å². The van der Waals surface area contributed by atoms with E-state index in [1.54, 1.807) is 7.11 Å². The van der Waals surface area contributed by atoms with Crippen molar-refractivity contribution in [3.8, 4) is 22.5 Å². The largest absolute Gasteiger partial charge is 0.464 e. The zero-order chi connectivity index (χ0) is 41.7. The highest BCUT2D eigenvalue weighted by Gasteiger charge is 2.58. The fourth-order valence-corrected chi connectivity index (χ4v) is 12.1. The standard InChI is InChI=1S/C46H56N8O6S/c1-5-53-35-11-8-25-17-28(35)38-39(42(58-4)40-29(41(38)53)18-27(20-47-40)52-15-13-51(14-16-52)26-9-10-26)46(2,3)24-60-45(57)32-7-6-12-54(50-32)44(56)33(19-36-48-34(25)23-61-36)49-43(55)37-30-21-59-22-31(30)37/h8,11,17-18,20,23,26,30-33,37,39,42,50H,5-7,9-10,12-16,19,21-22,24H2,1-4H3,(H,49,55)/t30-,31+,32-,33-,37?,39?,42-/m0/s1. The Balaban J connectivity index is 1.01. The molecule has 1 aromatic carbocycles. The summed E-state index contributed by atoms with van der Waals surface area (Å²) in [6.45, 7) is 13.0. The van der Waals surface area contributed by atoms with E-state index in [-0.39, 0.29) is 48.5 Å². The van der Waals surface area contributed by atoms with Crippen molar-refractivity contribution >= 4 is 45.7 Å². The molecule has 3 saturated heterocycles. The molecule has 5 fully saturated rings. The van der Waals surface area contributed by atoms with Crippen LogP contribution in [0, 0.1) is 23.2 Å². The van der Waals surface area contributed by atoms with E-state index in [2.05, 4.69) is 75.5 Å². The summed E-state index contributed by atoms with van der Waals surface area (Å²) in [5.74, 6) is -0.777. The predicted molar refractivity (Wildman–Crippen MR) is 231 cm³/mol. The Bertz CT molecular complexity index is 2390. The second kappa shape index (κ2) is 15.1. The topological polar surface area (TPSA) is 143 Å². The van der Waals surface area contributed by atoms with Crippen molar-refractivity contribution < 1.29 is 28.6 Å². The highest BCUT2D eigenvalue weighted by atomic mass is 32.1. The third-order valence-corrected chi connectivity index (χ3v) is 15.6. The van der Waals surface area contributed by atoms with Crippen LogP contribution >= 0.6 is 11.3 Å². The number of fused-ring (bicyclic) bond motifs is 9. The maximum absolute atomic E-state index is 14.3. The molecule has 6 bridgehead atoms. The van der Waals surface area contributed by atoms with Gasteiger partial charge in [0.15, 0.2) is 0 Å². The first kappa shape index (κ1) is 39.4. The molecule has 3 aromatic heterocycles. The van der Waals surface area contributed by atoms with E-state index in [0.717, 1.165) is 88.6 Å². The summed E-state index contributed by atoms with van der Waals surface area (Å²) in [5.41, 5.74) is 10.9. The lowest BCUT2D eigenvalue weighted by Crippen LogP contribution is -2.60. The number of esters is 1. The molecule has 4 aliphatic heterocycles.